The maximum Gasteiger partial charge on any atom is 0.0662 e. The molecule has 54 valence electrons. The van der Waals surface area contributed by atoms with Crippen molar-refractivity contribution in [2.45, 2.75) is 13.1 Å². The molecule has 0 aromatic heterocycles. The summed E-state index contributed by atoms with van der Waals surface area (Å²) in [7, 11) is -0.615. The number of rotatable bonds is 1. The average molecular weight is 215 g/mol. The molecule has 0 heterocycles. The van der Waals surface area contributed by atoms with Gasteiger partial charge in [-0.1, -0.05) is 47.2 Å². The van der Waals surface area contributed by atoms with E-state index >= 15 is 0 Å². The molecule has 0 spiro atoms. The third-order valence-corrected chi connectivity index (χ3v) is 4.42. The largest absolute Gasteiger partial charge is 0.0682 e. The average Bonchev–Trinajstić information content (AvgIpc) is 1.88. The van der Waals surface area contributed by atoms with Gasteiger partial charge in [0.25, 0.3) is 0 Å². The molecule has 2 heteroatoms. The summed E-state index contributed by atoms with van der Waals surface area (Å²) >= 11 is 3.53. The SMILES string of the molecule is C[SiH](C)c1ccccc1Br. The smallest absolute Gasteiger partial charge is 0.0662 e. The van der Waals surface area contributed by atoms with E-state index in [2.05, 4.69) is 53.3 Å². The summed E-state index contributed by atoms with van der Waals surface area (Å²) in [5.74, 6) is 0. The van der Waals surface area contributed by atoms with Crippen molar-refractivity contribution in [1.82, 2.24) is 0 Å². The fraction of sp³-hybridized carbons (Fsp3) is 0.250. The lowest BCUT2D eigenvalue weighted by molar-refractivity contribution is 1.69. The molecule has 0 atom stereocenters. The van der Waals surface area contributed by atoms with Gasteiger partial charge < -0.3 is 0 Å². The van der Waals surface area contributed by atoms with Crippen LogP contribution in [0.2, 0.25) is 13.1 Å². The molecule has 0 amide bonds. The van der Waals surface area contributed by atoms with E-state index < -0.39 is 8.80 Å². The van der Waals surface area contributed by atoms with Gasteiger partial charge in [0.1, 0.15) is 0 Å². The standard InChI is InChI=1S/C8H11BrSi/c1-10(2)8-6-4-3-5-7(8)9/h3-6,10H,1-2H3. The van der Waals surface area contributed by atoms with Crippen molar-refractivity contribution in [3.63, 3.8) is 0 Å². The van der Waals surface area contributed by atoms with Gasteiger partial charge in [0.15, 0.2) is 0 Å². The van der Waals surface area contributed by atoms with E-state index in [-0.39, 0.29) is 0 Å². The minimum Gasteiger partial charge on any atom is -0.0682 e. The maximum atomic E-state index is 3.53. The Hall–Kier alpha value is -0.0831. The quantitative estimate of drug-likeness (QED) is 0.629. The second kappa shape index (κ2) is 3.35. The van der Waals surface area contributed by atoms with E-state index in [4.69, 9.17) is 0 Å². The highest BCUT2D eigenvalue weighted by Crippen LogP contribution is 2.05. The molecule has 0 saturated carbocycles. The van der Waals surface area contributed by atoms with Gasteiger partial charge in [0.05, 0.1) is 8.80 Å². The minimum absolute atomic E-state index is 0.615. The lowest BCUT2D eigenvalue weighted by Crippen LogP contribution is -2.23. The molecular formula is C8H11BrSi. The van der Waals surface area contributed by atoms with Gasteiger partial charge >= 0.3 is 0 Å². The Kier molecular flexibility index (Phi) is 2.69. The van der Waals surface area contributed by atoms with Crippen molar-refractivity contribution in [3.8, 4) is 0 Å². The highest BCUT2D eigenvalue weighted by molar-refractivity contribution is 9.10. The zero-order chi connectivity index (χ0) is 7.56. The highest BCUT2D eigenvalue weighted by atomic mass is 79.9. The normalized spacial score (nSPS) is 10.4. The molecule has 1 rings (SSSR count). The highest BCUT2D eigenvalue weighted by Gasteiger charge is 2.02. The van der Waals surface area contributed by atoms with Crippen LogP contribution in [0.4, 0.5) is 0 Å². The topological polar surface area (TPSA) is 0 Å². The number of halogens is 1. The van der Waals surface area contributed by atoms with Gasteiger partial charge in [-0.3, -0.25) is 0 Å². The number of hydrogen-bond acceptors (Lipinski definition) is 0. The van der Waals surface area contributed by atoms with E-state index in [1.165, 1.54) is 9.66 Å². The molecule has 0 N–H and O–H groups in total. The van der Waals surface area contributed by atoms with Crippen LogP contribution in [0.25, 0.3) is 0 Å². The van der Waals surface area contributed by atoms with Crippen molar-refractivity contribution in [2.24, 2.45) is 0 Å². The Morgan fingerprint density at radius 1 is 1.20 bits per heavy atom. The molecule has 1 aromatic carbocycles. The first-order chi connectivity index (χ1) is 4.72. The monoisotopic (exact) mass is 214 g/mol. The van der Waals surface area contributed by atoms with Gasteiger partial charge in [-0.05, 0) is 11.3 Å². The summed E-state index contributed by atoms with van der Waals surface area (Å²) < 4.78 is 1.27. The van der Waals surface area contributed by atoms with Gasteiger partial charge in [0.2, 0.25) is 0 Å². The van der Waals surface area contributed by atoms with Crippen LogP contribution in [0.5, 0.6) is 0 Å². The van der Waals surface area contributed by atoms with E-state index in [0.29, 0.717) is 0 Å². The van der Waals surface area contributed by atoms with Gasteiger partial charge in [-0.2, -0.15) is 0 Å². The van der Waals surface area contributed by atoms with Gasteiger partial charge in [-0.15, -0.1) is 0 Å². The molecule has 1 aromatic rings. The van der Waals surface area contributed by atoms with Crippen molar-refractivity contribution < 1.29 is 0 Å². The molecule has 10 heavy (non-hydrogen) atoms. The molecule has 0 aliphatic heterocycles. The Balaban J connectivity index is 3.03. The van der Waals surface area contributed by atoms with Crippen LogP contribution in [-0.2, 0) is 0 Å². The molecule has 0 fully saturated rings. The van der Waals surface area contributed by atoms with Gasteiger partial charge in [0, 0.05) is 4.47 Å². The van der Waals surface area contributed by atoms with Crippen molar-refractivity contribution in [2.75, 3.05) is 0 Å². The van der Waals surface area contributed by atoms with Crippen LogP contribution in [0.1, 0.15) is 0 Å². The molecule has 0 radical (unpaired) electrons. The third kappa shape index (κ3) is 1.70. The van der Waals surface area contributed by atoms with Crippen LogP contribution in [0.3, 0.4) is 0 Å². The molecule has 0 unspecified atom stereocenters. The lowest BCUT2D eigenvalue weighted by atomic mass is 10.4. The van der Waals surface area contributed by atoms with E-state index in [0.717, 1.165) is 0 Å². The third-order valence-electron chi connectivity index (χ3n) is 1.53. The fourth-order valence-electron chi connectivity index (χ4n) is 0.943. The summed E-state index contributed by atoms with van der Waals surface area (Å²) in [5.41, 5.74) is 0. The first-order valence-corrected chi connectivity index (χ1v) is 7.14. The molecule has 0 aliphatic carbocycles. The maximum absolute atomic E-state index is 3.53. The molecule has 0 saturated heterocycles. The summed E-state index contributed by atoms with van der Waals surface area (Å²) in [6.07, 6.45) is 0. The summed E-state index contributed by atoms with van der Waals surface area (Å²) in [5, 5.41) is 1.52. The zero-order valence-electron chi connectivity index (χ0n) is 6.26. The van der Waals surface area contributed by atoms with Gasteiger partial charge in [-0.25, -0.2) is 0 Å². The Bertz CT molecular complexity index is 220. The first kappa shape index (κ1) is 8.02. The summed E-state index contributed by atoms with van der Waals surface area (Å²) in [4.78, 5) is 0. The van der Waals surface area contributed by atoms with Crippen molar-refractivity contribution in [1.29, 1.82) is 0 Å². The second-order valence-electron chi connectivity index (χ2n) is 2.68. The summed E-state index contributed by atoms with van der Waals surface area (Å²) in [6.45, 7) is 4.67. The van der Waals surface area contributed by atoms with Crippen LogP contribution < -0.4 is 5.19 Å². The van der Waals surface area contributed by atoms with Crippen LogP contribution in [0, 0.1) is 0 Å². The van der Waals surface area contributed by atoms with Crippen molar-refractivity contribution in [3.05, 3.63) is 28.7 Å². The Labute approximate surface area is 72.0 Å². The molecule has 0 nitrogen and oxygen atoms in total. The van der Waals surface area contributed by atoms with Crippen molar-refractivity contribution >= 4 is 29.9 Å². The Morgan fingerprint density at radius 3 is 2.20 bits per heavy atom. The van der Waals surface area contributed by atoms with E-state index in [1.54, 1.807) is 0 Å². The van der Waals surface area contributed by atoms with Crippen LogP contribution >= 0.6 is 15.9 Å². The number of hydrogen-bond donors (Lipinski definition) is 0. The zero-order valence-corrected chi connectivity index (χ0v) is 9.01. The van der Waals surface area contributed by atoms with Crippen LogP contribution in [0.15, 0.2) is 28.7 Å². The summed E-state index contributed by atoms with van der Waals surface area (Å²) in [6, 6.07) is 8.49. The molecule has 0 aliphatic rings. The minimum atomic E-state index is -0.615. The fourth-order valence-corrected chi connectivity index (χ4v) is 3.75. The predicted molar refractivity (Wildman–Crippen MR) is 52.7 cm³/mol. The van der Waals surface area contributed by atoms with E-state index in [9.17, 15) is 0 Å². The molecular weight excluding hydrogens is 204 g/mol. The lowest BCUT2D eigenvalue weighted by Gasteiger charge is -2.04. The Morgan fingerprint density at radius 2 is 1.80 bits per heavy atom. The van der Waals surface area contributed by atoms with Crippen LogP contribution in [-0.4, -0.2) is 8.80 Å². The number of benzene rings is 1. The molecule has 0 bridgehead atoms. The second-order valence-corrected chi connectivity index (χ2v) is 6.46. The predicted octanol–water partition coefficient (Wildman–Crippen LogP) is 2.14. The first-order valence-electron chi connectivity index (χ1n) is 3.46. The van der Waals surface area contributed by atoms with E-state index in [1.807, 2.05) is 0 Å².